The quantitative estimate of drug-likeness (QED) is 0.0928. The van der Waals surface area contributed by atoms with Crippen LogP contribution >= 0.6 is 0 Å². The molecule has 47 heavy (non-hydrogen) atoms. The van der Waals surface area contributed by atoms with Crippen LogP contribution in [0, 0.1) is 0 Å². The average molecular weight is 651 g/mol. The molecule has 5 atom stereocenters. The van der Waals surface area contributed by atoms with E-state index in [2.05, 4.69) is 57.7 Å². The first kappa shape index (κ1) is 37.1. The Balaban J connectivity index is 1.31. The van der Waals surface area contributed by atoms with Crippen molar-refractivity contribution in [2.75, 3.05) is 65.6 Å². The van der Waals surface area contributed by atoms with Gasteiger partial charge in [0.15, 0.2) is 6.29 Å². The number of ether oxygens (including phenoxy) is 5. The van der Waals surface area contributed by atoms with E-state index in [1.807, 2.05) is 61.5 Å². The summed E-state index contributed by atoms with van der Waals surface area (Å²) in [4.78, 5) is 0. The molecule has 10 heteroatoms. The van der Waals surface area contributed by atoms with Crippen LogP contribution in [0.25, 0.3) is 0 Å². The molecule has 0 saturated carbocycles. The second kappa shape index (κ2) is 22.8. The topological polar surface area (TPSA) is 115 Å². The number of aliphatic hydroxyl groups excluding tert-OH is 1. The van der Waals surface area contributed by atoms with Crippen LogP contribution in [0.3, 0.4) is 0 Å². The van der Waals surface area contributed by atoms with Gasteiger partial charge in [0, 0.05) is 52.4 Å². The highest BCUT2D eigenvalue weighted by molar-refractivity contribution is 5.15. The summed E-state index contributed by atoms with van der Waals surface area (Å²) in [6, 6.07) is 30.4. The minimum absolute atomic E-state index is 0.170. The van der Waals surface area contributed by atoms with E-state index in [1.165, 1.54) is 0 Å². The first-order chi connectivity index (χ1) is 23.2. The summed E-state index contributed by atoms with van der Waals surface area (Å²) in [6.07, 6.45) is -2.20. The zero-order chi connectivity index (χ0) is 32.8. The standard InChI is InChI=1S/C37H54N4O6/c1-30-34(44-27-31-11-5-2-6-12-31)35(45-28-32-13-7-3-8-14-32)36(46-29-33-15-9-4-10-16-33)37(47-30)43-26-24-41-22-20-39-18-17-38-19-21-40-23-25-42/h2-16,30,34-42H,17-29H2,1H3/t30-,34+,35+,36-,37?/m1/s1. The van der Waals surface area contributed by atoms with Crippen LogP contribution in [0.2, 0.25) is 0 Å². The molecule has 10 nitrogen and oxygen atoms in total. The molecule has 1 unspecified atom stereocenters. The molecule has 1 aliphatic heterocycles. The smallest absolute Gasteiger partial charge is 0.186 e. The molecular weight excluding hydrogens is 596 g/mol. The molecule has 1 aliphatic rings. The maximum Gasteiger partial charge on any atom is 0.186 e. The Morgan fingerprint density at radius 1 is 0.511 bits per heavy atom. The molecule has 0 spiro atoms. The molecule has 4 rings (SSSR count). The van der Waals surface area contributed by atoms with E-state index in [9.17, 15) is 0 Å². The minimum Gasteiger partial charge on any atom is -0.395 e. The molecule has 0 amide bonds. The van der Waals surface area contributed by atoms with E-state index in [1.54, 1.807) is 0 Å². The summed E-state index contributed by atoms with van der Waals surface area (Å²) >= 11 is 0. The summed E-state index contributed by atoms with van der Waals surface area (Å²) < 4.78 is 32.6. The number of hydrogen-bond donors (Lipinski definition) is 5. The SMILES string of the molecule is C[C@H]1OC(OCCNCCNCCNCCNCCO)[C@H](OCc2ccccc2)[C@@H](OCc2ccccc2)[C@H]1OCc1ccccc1. The lowest BCUT2D eigenvalue weighted by Gasteiger charge is -2.45. The van der Waals surface area contributed by atoms with Gasteiger partial charge in [0.2, 0.25) is 0 Å². The summed E-state index contributed by atoms with van der Waals surface area (Å²) in [5, 5.41) is 22.2. The summed E-state index contributed by atoms with van der Waals surface area (Å²) in [5.74, 6) is 0. The van der Waals surface area contributed by atoms with Crippen LogP contribution < -0.4 is 21.3 Å². The van der Waals surface area contributed by atoms with Gasteiger partial charge >= 0.3 is 0 Å². The van der Waals surface area contributed by atoms with Gasteiger partial charge in [-0.1, -0.05) is 91.0 Å². The fraction of sp³-hybridized carbons (Fsp3) is 0.514. The zero-order valence-electron chi connectivity index (χ0n) is 27.7. The third kappa shape index (κ3) is 14.1. The molecule has 0 bridgehead atoms. The highest BCUT2D eigenvalue weighted by atomic mass is 16.7. The Morgan fingerprint density at radius 2 is 0.915 bits per heavy atom. The van der Waals surface area contributed by atoms with E-state index < -0.39 is 18.5 Å². The van der Waals surface area contributed by atoms with E-state index in [0.717, 1.165) is 56.0 Å². The third-order valence-corrected chi connectivity index (χ3v) is 7.87. The van der Waals surface area contributed by atoms with Gasteiger partial charge in [-0.15, -0.1) is 0 Å². The van der Waals surface area contributed by atoms with Gasteiger partial charge in [0.1, 0.15) is 18.3 Å². The molecule has 1 fully saturated rings. The van der Waals surface area contributed by atoms with Crippen molar-refractivity contribution in [2.45, 2.75) is 57.5 Å². The Bertz CT molecular complexity index is 1180. The number of nitrogens with one attached hydrogen (secondary N) is 4. The van der Waals surface area contributed by atoms with Crippen molar-refractivity contribution in [1.82, 2.24) is 21.3 Å². The lowest BCUT2D eigenvalue weighted by Crippen LogP contribution is -2.60. The molecule has 258 valence electrons. The second-order valence-electron chi connectivity index (χ2n) is 11.6. The van der Waals surface area contributed by atoms with Crippen LogP contribution in [-0.4, -0.2) is 101 Å². The van der Waals surface area contributed by atoms with Gasteiger partial charge in [-0.3, -0.25) is 0 Å². The lowest BCUT2D eigenvalue weighted by molar-refractivity contribution is -0.319. The van der Waals surface area contributed by atoms with Crippen LogP contribution in [0.1, 0.15) is 23.6 Å². The van der Waals surface area contributed by atoms with Crippen molar-refractivity contribution >= 4 is 0 Å². The average Bonchev–Trinajstić information content (AvgIpc) is 3.11. The fourth-order valence-corrected chi connectivity index (χ4v) is 5.36. The van der Waals surface area contributed by atoms with Crippen molar-refractivity contribution in [1.29, 1.82) is 0 Å². The van der Waals surface area contributed by atoms with Crippen molar-refractivity contribution in [3.63, 3.8) is 0 Å². The third-order valence-electron chi connectivity index (χ3n) is 7.87. The molecule has 3 aromatic rings. The van der Waals surface area contributed by atoms with Gasteiger partial charge in [-0.25, -0.2) is 0 Å². The minimum atomic E-state index is -0.621. The first-order valence-corrected chi connectivity index (χ1v) is 16.9. The van der Waals surface area contributed by atoms with Crippen molar-refractivity contribution in [2.24, 2.45) is 0 Å². The monoisotopic (exact) mass is 650 g/mol. The van der Waals surface area contributed by atoms with E-state index in [4.69, 9.17) is 28.8 Å². The van der Waals surface area contributed by atoms with Crippen LogP contribution in [0.5, 0.6) is 0 Å². The normalized spacial score (nSPS) is 21.2. The Morgan fingerprint density at radius 3 is 1.38 bits per heavy atom. The maximum atomic E-state index is 8.79. The Hall–Kier alpha value is -2.74. The first-order valence-electron chi connectivity index (χ1n) is 16.9. The highest BCUT2D eigenvalue weighted by Crippen LogP contribution is 2.31. The highest BCUT2D eigenvalue weighted by Gasteiger charge is 2.47. The summed E-state index contributed by atoms with van der Waals surface area (Å²) in [5.41, 5.74) is 3.23. The number of rotatable bonds is 24. The molecule has 1 heterocycles. The molecule has 0 aromatic heterocycles. The molecule has 1 saturated heterocycles. The molecule has 0 aliphatic carbocycles. The van der Waals surface area contributed by atoms with Crippen LogP contribution in [0.4, 0.5) is 0 Å². The van der Waals surface area contributed by atoms with Crippen molar-refractivity contribution in [3.8, 4) is 0 Å². The van der Waals surface area contributed by atoms with E-state index in [0.29, 0.717) is 39.5 Å². The number of aliphatic hydroxyl groups is 1. The summed E-state index contributed by atoms with van der Waals surface area (Å²) in [7, 11) is 0. The van der Waals surface area contributed by atoms with Crippen molar-refractivity contribution < 1.29 is 28.8 Å². The van der Waals surface area contributed by atoms with E-state index in [-0.39, 0.29) is 18.8 Å². The Kier molecular flexibility index (Phi) is 18.0. The van der Waals surface area contributed by atoms with Gasteiger partial charge in [-0.05, 0) is 23.6 Å². The van der Waals surface area contributed by atoms with Crippen molar-refractivity contribution in [3.05, 3.63) is 108 Å². The predicted octanol–water partition coefficient (Wildman–Crippen LogP) is 2.85. The molecular formula is C37H54N4O6. The van der Waals surface area contributed by atoms with Gasteiger partial charge in [-0.2, -0.15) is 0 Å². The second-order valence-corrected chi connectivity index (χ2v) is 11.6. The largest absolute Gasteiger partial charge is 0.395 e. The molecule has 3 aromatic carbocycles. The molecule has 5 N–H and O–H groups in total. The number of hydrogen-bond acceptors (Lipinski definition) is 10. The van der Waals surface area contributed by atoms with Gasteiger partial charge in [0.25, 0.3) is 0 Å². The zero-order valence-corrected chi connectivity index (χ0v) is 27.7. The summed E-state index contributed by atoms with van der Waals surface area (Å²) in [6.45, 7) is 10.4. The number of benzene rings is 3. The van der Waals surface area contributed by atoms with Gasteiger partial charge in [0.05, 0.1) is 39.1 Å². The fourth-order valence-electron chi connectivity index (χ4n) is 5.36. The van der Waals surface area contributed by atoms with Crippen LogP contribution in [0.15, 0.2) is 91.0 Å². The maximum absolute atomic E-state index is 8.79. The Labute approximate surface area is 280 Å². The van der Waals surface area contributed by atoms with Crippen LogP contribution in [-0.2, 0) is 43.5 Å². The van der Waals surface area contributed by atoms with E-state index >= 15 is 0 Å². The predicted molar refractivity (Wildman–Crippen MR) is 184 cm³/mol. The molecule has 0 radical (unpaired) electrons. The lowest BCUT2D eigenvalue weighted by atomic mass is 9.98. The van der Waals surface area contributed by atoms with Gasteiger partial charge < -0.3 is 50.1 Å².